The van der Waals surface area contributed by atoms with Crippen LogP contribution >= 0.6 is 15.9 Å². The van der Waals surface area contributed by atoms with Crippen LogP contribution in [0.3, 0.4) is 0 Å². The van der Waals surface area contributed by atoms with Crippen LogP contribution in [-0.2, 0) is 34.9 Å². The summed E-state index contributed by atoms with van der Waals surface area (Å²) in [6.07, 6.45) is -1.26. The molecule has 1 N–H and O–H groups in total. The van der Waals surface area contributed by atoms with Gasteiger partial charge in [-0.25, -0.2) is 9.78 Å². The van der Waals surface area contributed by atoms with E-state index in [2.05, 4.69) is 20.9 Å². The number of rotatable bonds is 6. The highest BCUT2D eigenvalue weighted by Crippen LogP contribution is 2.18. The first-order valence-electron chi connectivity index (χ1n) is 8.49. The minimum atomic E-state index is -4.04. The van der Waals surface area contributed by atoms with E-state index < -0.39 is 34.1 Å². The Labute approximate surface area is 174 Å². The Morgan fingerprint density at radius 3 is 2.41 bits per heavy atom. The van der Waals surface area contributed by atoms with Gasteiger partial charge in [-0.1, -0.05) is 17.7 Å². The number of benzene rings is 1. The molecule has 156 valence electrons. The number of aromatic nitrogens is 4. The maximum absolute atomic E-state index is 12.5. The number of aliphatic hydroxyl groups is 1. The smallest absolute Gasteiger partial charge is 0.332 e. The quantitative estimate of drug-likeness (QED) is 0.391. The van der Waals surface area contributed by atoms with Crippen molar-refractivity contribution in [2.45, 2.75) is 24.5 Å². The van der Waals surface area contributed by atoms with Crippen molar-refractivity contribution in [1.29, 1.82) is 0 Å². The van der Waals surface area contributed by atoms with Crippen molar-refractivity contribution in [2.24, 2.45) is 14.1 Å². The number of nitrogens with zero attached hydrogens (tertiary/aromatic N) is 4. The van der Waals surface area contributed by atoms with E-state index in [1.165, 1.54) is 35.4 Å². The molecule has 0 fully saturated rings. The normalized spacial score (nSPS) is 13.1. The molecule has 3 aromatic rings. The second kappa shape index (κ2) is 7.86. The van der Waals surface area contributed by atoms with Gasteiger partial charge in [-0.3, -0.25) is 18.1 Å². The summed E-state index contributed by atoms with van der Waals surface area (Å²) in [5, 5.41) is 10.3. The fraction of sp³-hybridized carbons (Fsp3) is 0.353. The molecule has 1 atom stereocenters. The molecule has 12 heteroatoms. The minimum Gasteiger partial charge on any atom is -0.389 e. The number of imidazole rings is 1. The molecule has 2 aromatic heterocycles. The lowest BCUT2D eigenvalue weighted by Crippen LogP contribution is -2.38. The Kier molecular flexibility index (Phi) is 5.81. The zero-order chi connectivity index (χ0) is 21.5. The Morgan fingerprint density at radius 1 is 1.17 bits per heavy atom. The molecular weight excluding hydrogens is 468 g/mol. The van der Waals surface area contributed by atoms with Crippen molar-refractivity contribution in [3.63, 3.8) is 0 Å². The van der Waals surface area contributed by atoms with Gasteiger partial charge in [0.2, 0.25) is 0 Å². The van der Waals surface area contributed by atoms with Gasteiger partial charge in [0.1, 0.15) is 0 Å². The van der Waals surface area contributed by atoms with E-state index in [-0.39, 0.29) is 27.3 Å². The summed E-state index contributed by atoms with van der Waals surface area (Å²) in [6, 6.07) is 6.12. The van der Waals surface area contributed by atoms with Gasteiger partial charge in [0.05, 0.1) is 24.2 Å². The molecule has 0 radical (unpaired) electrons. The minimum absolute atomic E-state index is 0.0200. The van der Waals surface area contributed by atoms with E-state index in [1.54, 1.807) is 12.1 Å². The monoisotopic (exact) mass is 486 g/mol. The van der Waals surface area contributed by atoms with Gasteiger partial charge in [0, 0.05) is 14.1 Å². The summed E-state index contributed by atoms with van der Waals surface area (Å²) >= 11 is 3.21. The van der Waals surface area contributed by atoms with Gasteiger partial charge < -0.3 is 9.67 Å². The van der Waals surface area contributed by atoms with Gasteiger partial charge in [0.25, 0.3) is 15.7 Å². The Hall–Kier alpha value is -2.28. The van der Waals surface area contributed by atoms with Gasteiger partial charge in [-0.05, 0) is 35.0 Å². The standard InChI is InChI=1S/C17H19BrN4O6S/c1-10-4-6-12(7-5-10)29(26,27)28-9-11(23)8-22-13-14(19-16(22)18)20(2)17(25)21(3)15(13)24/h4-7,11,23H,8-9H2,1-3H3. The third-order valence-corrected chi connectivity index (χ3v) is 6.32. The maximum atomic E-state index is 12.5. The van der Waals surface area contributed by atoms with Crippen LogP contribution < -0.4 is 11.2 Å². The zero-order valence-electron chi connectivity index (χ0n) is 15.9. The van der Waals surface area contributed by atoms with Crippen molar-refractivity contribution in [3.8, 4) is 0 Å². The fourth-order valence-corrected chi connectivity index (χ4v) is 4.22. The highest BCUT2D eigenvalue weighted by molar-refractivity contribution is 9.10. The highest BCUT2D eigenvalue weighted by Gasteiger charge is 2.22. The summed E-state index contributed by atoms with van der Waals surface area (Å²) in [5.41, 5.74) is 0.0264. The van der Waals surface area contributed by atoms with Crippen LogP contribution in [0.25, 0.3) is 11.2 Å². The summed E-state index contributed by atoms with van der Waals surface area (Å²) < 4.78 is 33.2. The summed E-state index contributed by atoms with van der Waals surface area (Å²) in [4.78, 5) is 28.7. The number of hydrogen-bond donors (Lipinski definition) is 1. The molecule has 0 aliphatic heterocycles. The van der Waals surface area contributed by atoms with E-state index >= 15 is 0 Å². The molecule has 1 unspecified atom stereocenters. The first kappa shape index (κ1) is 21.4. The lowest BCUT2D eigenvalue weighted by molar-refractivity contribution is 0.0956. The molecule has 0 amide bonds. The number of aliphatic hydroxyl groups excluding tert-OH is 1. The molecular formula is C17H19BrN4O6S. The van der Waals surface area contributed by atoms with Crippen LogP contribution in [0, 0.1) is 6.92 Å². The average Bonchev–Trinajstić information content (AvgIpc) is 3.00. The number of fused-ring (bicyclic) bond motifs is 1. The topological polar surface area (TPSA) is 125 Å². The van der Waals surface area contributed by atoms with E-state index in [0.29, 0.717) is 0 Å². The average molecular weight is 487 g/mol. The highest BCUT2D eigenvalue weighted by atomic mass is 79.9. The molecule has 2 heterocycles. The van der Waals surface area contributed by atoms with Crippen LogP contribution in [0.15, 0.2) is 43.5 Å². The van der Waals surface area contributed by atoms with Crippen molar-refractivity contribution in [2.75, 3.05) is 6.61 Å². The van der Waals surface area contributed by atoms with Crippen LogP contribution in [0.2, 0.25) is 0 Å². The van der Waals surface area contributed by atoms with E-state index in [9.17, 15) is 23.1 Å². The molecule has 0 saturated carbocycles. The van der Waals surface area contributed by atoms with Crippen molar-refractivity contribution in [1.82, 2.24) is 18.7 Å². The Morgan fingerprint density at radius 2 is 1.79 bits per heavy atom. The van der Waals surface area contributed by atoms with Crippen molar-refractivity contribution < 1.29 is 17.7 Å². The van der Waals surface area contributed by atoms with Crippen LogP contribution in [0.5, 0.6) is 0 Å². The molecule has 1 aromatic carbocycles. The predicted octanol–water partition coefficient (Wildman–Crippen LogP) is 0.271. The molecule has 3 rings (SSSR count). The number of halogens is 1. The SMILES string of the molecule is Cc1ccc(S(=O)(=O)OCC(O)Cn2c(Br)nc3c2c(=O)n(C)c(=O)n3C)cc1. The second-order valence-corrected chi connectivity index (χ2v) is 8.90. The van der Waals surface area contributed by atoms with Gasteiger partial charge in [0.15, 0.2) is 15.9 Å². The number of aryl methyl sites for hydroxylation is 2. The zero-order valence-corrected chi connectivity index (χ0v) is 18.3. The predicted molar refractivity (Wildman–Crippen MR) is 108 cm³/mol. The molecule has 0 saturated heterocycles. The molecule has 29 heavy (non-hydrogen) atoms. The lowest BCUT2D eigenvalue weighted by atomic mass is 10.2. The van der Waals surface area contributed by atoms with Crippen molar-refractivity contribution in [3.05, 3.63) is 55.4 Å². The largest absolute Gasteiger partial charge is 0.389 e. The summed E-state index contributed by atoms with van der Waals surface area (Å²) in [5.74, 6) is 0. The second-order valence-electron chi connectivity index (χ2n) is 6.57. The first-order chi connectivity index (χ1) is 13.5. The summed E-state index contributed by atoms with van der Waals surface area (Å²) in [6.45, 7) is 1.14. The Balaban J connectivity index is 1.84. The Bertz CT molecular complexity index is 1290. The number of hydrogen-bond acceptors (Lipinski definition) is 7. The maximum Gasteiger partial charge on any atom is 0.332 e. The van der Waals surface area contributed by atoms with Crippen molar-refractivity contribution >= 4 is 37.2 Å². The van der Waals surface area contributed by atoms with E-state index in [4.69, 9.17) is 4.18 Å². The summed E-state index contributed by atoms with van der Waals surface area (Å²) in [7, 11) is -1.23. The lowest BCUT2D eigenvalue weighted by Gasteiger charge is -2.14. The molecule has 0 spiro atoms. The first-order valence-corrected chi connectivity index (χ1v) is 10.7. The van der Waals surface area contributed by atoms with E-state index in [0.717, 1.165) is 10.1 Å². The molecule has 10 nitrogen and oxygen atoms in total. The molecule has 0 bridgehead atoms. The van der Waals surface area contributed by atoms with Gasteiger partial charge in [-0.2, -0.15) is 8.42 Å². The van der Waals surface area contributed by atoms with E-state index in [1.807, 2.05) is 6.92 Å². The van der Waals surface area contributed by atoms with Crippen LogP contribution in [0.4, 0.5) is 0 Å². The third kappa shape index (κ3) is 4.06. The third-order valence-electron chi connectivity index (χ3n) is 4.42. The van der Waals surface area contributed by atoms with Crippen LogP contribution in [-0.4, -0.2) is 44.9 Å². The van der Waals surface area contributed by atoms with Crippen LogP contribution in [0.1, 0.15) is 5.56 Å². The molecule has 0 aliphatic carbocycles. The van der Waals surface area contributed by atoms with Gasteiger partial charge >= 0.3 is 5.69 Å². The molecule has 0 aliphatic rings. The fourth-order valence-electron chi connectivity index (χ4n) is 2.79. The van der Waals surface area contributed by atoms with Gasteiger partial charge in [-0.15, -0.1) is 0 Å².